The summed E-state index contributed by atoms with van der Waals surface area (Å²) in [5.41, 5.74) is 7.84. The van der Waals surface area contributed by atoms with Crippen LogP contribution in [0.3, 0.4) is 0 Å². The quantitative estimate of drug-likeness (QED) is 0.882. The lowest BCUT2D eigenvalue weighted by molar-refractivity contribution is 0.886. The third-order valence-corrected chi connectivity index (χ3v) is 4.45. The van der Waals surface area contributed by atoms with Gasteiger partial charge in [-0.25, -0.2) is 0 Å². The Morgan fingerprint density at radius 2 is 2.11 bits per heavy atom. The standard InChI is InChI=1S/C15H19ClN2S/c1-18(9-7-14-3-2-10-19-14)13-5-4-12(6-8-17)15(16)11-13/h2-5,10-11H,6-9,17H2,1H3. The normalized spacial score (nSPS) is 10.7. The molecule has 2 rings (SSSR count). The van der Waals surface area contributed by atoms with Crippen LogP contribution in [-0.4, -0.2) is 20.1 Å². The van der Waals surface area contributed by atoms with Gasteiger partial charge in [0.1, 0.15) is 0 Å². The first-order chi connectivity index (χ1) is 9.20. The van der Waals surface area contributed by atoms with Gasteiger partial charge >= 0.3 is 0 Å². The molecule has 1 aromatic heterocycles. The number of hydrogen-bond donors (Lipinski definition) is 1. The lowest BCUT2D eigenvalue weighted by Crippen LogP contribution is -2.20. The fourth-order valence-electron chi connectivity index (χ4n) is 1.99. The van der Waals surface area contributed by atoms with E-state index in [-0.39, 0.29) is 0 Å². The third-order valence-electron chi connectivity index (χ3n) is 3.16. The number of nitrogens with zero attached hydrogens (tertiary/aromatic N) is 1. The van der Waals surface area contributed by atoms with Crippen LogP contribution < -0.4 is 10.6 Å². The molecular weight excluding hydrogens is 276 g/mol. The van der Waals surface area contributed by atoms with Crippen molar-refractivity contribution in [1.82, 2.24) is 0 Å². The van der Waals surface area contributed by atoms with Crippen LogP contribution in [-0.2, 0) is 12.8 Å². The number of nitrogens with two attached hydrogens (primary N) is 1. The molecule has 1 aromatic carbocycles. The Labute approximate surface area is 123 Å². The monoisotopic (exact) mass is 294 g/mol. The summed E-state index contributed by atoms with van der Waals surface area (Å²) in [4.78, 5) is 3.65. The van der Waals surface area contributed by atoms with Crippen molar-refractivity contribution in [2.24, 2.45) is 5.73 Å². The van der Waals surface area contributed by atoms with E-state index in [0.717, 1.165) is 35.7 Å². The molecule has 0 aliphatic heterocycles. The van der Waals surface area contributed by atoms with Gasteiger partial charge in [-0.1, -0.05) is 23.7 Å². The van der Waals surface area contributed by atoms with Crippen LogP contribution in [0.25, 0.3) is 0 Å². The number of likely N-dealkylation sites (N-methyl/N-ethyl adjacent to an activating group) is 1. The molecule has 0 aliphatic rings. The van der Waals surface area contributed by atoms with Crippen molar-refractivity contribution in [1.29, 1.82) is 0 Å². The Morgan fingerprint density at radius 1 is 1.26 bits per heavy atom. The molecule has 2 N–H and O–H groups in total. The highest BCUT2D eigenvalue weighted by atomic mass is 35.5. The van der Waals surface area contributed by atoms with Crippen LogP contribution >= 0.6 is 22.9 Å². The molecule has 4 heteroatoms. The molecule has 2 nitrogen and oxygen atoms in total. The van der Waals surface area contributed by atoms with Crippen LogP contribution in [0, 0.1) is 0 Å². The maximum absolute atomic E-state index is 6.27. The zero-order valence-corrected chi connectivity index (χ0v) is 12.7. The molecule has 0 fully saturated rings. The molecule has 0 amide bonds. The van der Waals surface area contributed by atoms with E-state index < -0.39 is 0 Å². The van der Waals surface area contributed by atoms with E-state index in [1.165, 1.54) is 4.88 Å². The van der Waals surface area contributed by atoms with E-state index in [1.807, 2.05) is 6.07 Å². The first-order valence-corrected chi connectivity index (χ1v) is 7.68. The van der Waals surface area contributed by atoms with Gasteiger partial charge in [-0.2, -0.15) is 0 Å². The van der Waals surface area contributed by atoms with Crippen LogP contribution in [0.5, 0.6) is 0 Å². The summed E-state index contributed by atoms with van der Waals surface area (Å²) in [6.07, 6.45) is 1.90. The number of halogens is 1. The molecule has 0 aliphatic carbocycles. The summed E-state index contributed by atoms with van der Waals surface area (Å²) in [7, 11) is 2.10. The molecule has 0 saturated heterocycles. The number of benzene rings is 1. The predicted molar refractivity (Wildman–Crippen MR) is 85.5 cm³/mol. The first kappa shape index (κ1) is 14.4. The number of hydrogen-bond acceptors (Lipinski definition) is 3. The molecule has 1 heterocycles. The maximum Gasteiger partial charge on any atom is 0.0459 e. The summed E-state index contributed by atoms with van der Waals surface area (Å²) in [5, 5.41) is 2.93. The Balaban J connectivity index is 1.98. The van der Waals surface area contributed by atoms with Crippen LogP contribution in [0.2, 0.25) is 5.02 Å². The lowest BCUT2D eigenvalue weighted by Gasteiger charge is -2.20. The summed E-state index contributed by atoms with van der Waals surface area (Å²) in [5.74, 6) is 0. The van der Waals surface area contributed by atoms with Gasteiger partial charge in [0.2, 0.25) is 0 Å². The summed E-state index contributed by atoms with van der Waals surface area (Å²) >= 11 is 8.08. The van der Waals surface area contributed by atoms with Gasteiger partial charge < -0.3 is 10.6 Å². The minimum Gasteiger partial charge on any atom is -0.374 e. The van der Waals surface area contributed by atoms with Crippen molar-refractivity contribution in [3.05, 3.63) is 51.2 Å². The summed E-state index contributed by atoms with van der Waals surface area (Å²) in [6, 6.07) is 10.5. The van der Waals surface area contributed by atoms with E-state index in [9.17, 15) is 0 Å². The SMILES string of the molecule is CN(CCc1cccs1)c1ccc(CCN)c(Cl)c1. The molecule has 0 spiro atoms. The van der Waals surface area contributed by atoms with Gasteiger partial charge in [0.05, 0.1) is 0 Å². The fraction of sp³-hybridized carbons (Fsp3) is 0.333. The molecule has 0 bridgehead atoms. The highest BCUT2D eigenvalue weighted by Gasteiger charge is 2.05. The van der Waals surface area contributed by atoms with Crippen molar-refractivity contribution in [3.8, 4) is 0 Å². The second kappa shape index (κ2) is 6.94. The van der Waals surface area contributed by atoms with E-state index >= 15 is 0 Å². The van der Waals surface area contributed by atoms with Gasteiger partial charge in [0, 0.05) is 29.2 Å². The maximum atomic E-state index is 6.27. The van der Waals surface area contributed by atoms with Crippen molar-refractivity contribution >= 4 is 28.6 Å². The van der Waals surface area contributed by atoms with Gasteiger partial charge in [-0.3, -0.25) is 0 Å². The summed E-state index contributed by atoms with van der Waals surface area (Å²) < 4.78 is 0. The van der Waals surface area contributed by atoms with Crippen molar-refractivity contribution in [2.45, 2.75) is 12.8 Å². The van der Waals surface area contributed by atoms with Gasteiger partial charge in [0.15, 0.2) is 0 Å². The molecular formula is C15H19ClN2S. The Kier molecular flexibility index (Phi) is 5.25. The lowest BCUT2D eigenvalue weighted by atomic mass is 10.1. The van der Waals surface area contributed by atoms with E-state index in [4.69, 9.17) is 17.3 Å². The number of rotatable bonds is 6. The van der Waals surface area contributed by atoms with Crippen molar-refractivity contribution < 1.29 is 0 Å². The van der Waals surface area contributed by atoms with Gasteiger partial charge in [-0.05, 0) is 48.5 Å². The molecule has 0 saturated carbocycles. The third kappa shape index (κ3) is 3.96. The molecule has 19 heavy (non-hydrogen) atoms. The van der Waals surface area contributed by atoms with E-state index in [2.05, 4.69) is 41.6 Å². The molecule has 102 valence electrons. The van der Waals surface area contributed by atoms with Crippen LogP contribution in [0.1, 0.15) is 10.4 Å². The molecule has 2 aromatic rings. The minimum atomic E-state index is 0.632. The minimum absolute atomic E-state index is 0.632. The summed E-state index contributed by atoms with van der Waals surface area (Å²) in [6.45, 7) is 1.63. The topological polar surface area (TPSA) is 29.3 Å². The van der Waals surface area contributed by atoms with Crippen molar-refractivity contribution in [3.63, 3.8) is 0 Å². The molecule has 0 unspecified atom stereocenters. The smallest absolute Gasteiger partial charge is 0.0459 e. The highest BCUT2D eigenvalue weighted by molar-refractivity contribution is 7.09. The van der Waals surface area contributed by atoms with Crippen molar-refractivity contribution in [2.75, 3.05) is 25.0 Å². The second-order valence-corrected chi connectivity index (χ2v) is 6.00. The van der Waals surface area contributed by atoms with E-state index in [1.54, 1.807) is 11.3 Å². The zero-order chi connectivity index (χ0) is 13.7. The average molecular weight is 295 g/mol. The highest BCUT2D eigenvalue weighted by Crippen LogP contribution is 2.23. The largest absolute Gasteiger partial charge is 0.374 e. The predicted octanol–water partition coefficient (Wildman–Crippen LogP) is 3.58. The fourth-order valence-corrected chi connectivity index (χ4v) is 2.96. The Hall–Kier alpha value is -1.03. The first-order valence-electron chi connectivity index (χ1n) is 6.42. The number of anilines is 1. The molecule has 0 radical (unpaired) electrons. The average Bonchev–Trinajstić information content (AvgIpc) is 2.91. The molecule has 0 atom stereocenters. The zero-order valence-electron chi connectivity index (χ0n) is 11.1. The number of thiophene rings is 1. The second-order valence-electron chi connectivity index (χ2n) is 4.57. The van der Waals surface area contributed by atoms with Crippen LogP contribution in [0.4, 0.5) is 5.69 Å². The van der Waals surface area contributed by atoms with Gasteiger partial charge in [0.25, 0.3) is 0 Å². The Bertz CT molecular complexity index is 511. The van der Waals surface area contributed by atoms with E-state index in [0.29, 0.717) is 6.54 Å². The Morgan fingerprint density at radius 3 is 2.74 bits per heavy atom. The van der Waals surface area contributed by atoms with Crippen LogP contribution in [0.15, 0.2) is 35.7 Å². The van der Waals surface area contributed by atoms with Gasteiger partial charge in [-0.15, -0.1) is 11.3 Å².